The summed E-state index contributed by atoms with van der Waals surface area (Å²) in [5.74, 6) is 0. The van der Waals surface area contributed by atoms with Crippen molar-refractivity contribution in [1.82, 2.24) is 14.7 Å². The normalized spacial score (nSPS) is 22.2. The molecule has 1 aliphatic rings. The minimum absolute atomic E-state index is 0.151. The number of aromatic nitrogens is 2. The van der Waals surface area contributed by atoms with E-state index >= 15 is 0 Å². The molecule has 4 nitrogen and oxygen atoms in total. The Morgan fingerprint density at radius 2 is 2.33 bits per heavy atom. The SMILES string of the molecule is Cc1nc2ccccn2c1C(O)C1CCCCN1. The lowest BCUT2D eigenvalue weighted by molar-refractivity contribution is 0.108. The maximum atomic E-state index is 10.6. The molecule has 0 bridgehead atoms. The molecule has 0 saturated carbocycles. The van der Waals surface area contributed by atoms with E-state index in [1.165, 1.54) is 12.8 Å². The molecule has 4 heteroatoms. The molecule has 0 aliphatic carbocycles. The zero-order chi connectivity index (χ0) is 12.5. The van der Waals surface area contributed by atoms with Crippen LogP contribution in [-0.2, 0) is 0 Å². The number of nitrogens with zero attached hydrogens (tertiary/aromatic N) is 2. The van der Waals surface area contributed by atoms with Gasteiger partial charge in [0.05, 0.1) is 11.4 Å². The van der Waals surface area contributed by atoms with E-state index in [0.717, 1.165) is 30.0 Å². The molecule has 0 amide bonds. The van der Waals surface area contributed by atoms with Crippen molar-refractivity contribution in [2.24, 2.45) is 0 Å². The summed E-state index contributed by atoms with van der Waals surface area (Å²) >= 11 is 0. The number of rotatable bonds is 2. The van der Waals surface area contributed by atoms with Gasteiger partial charge in [-0.25, -0.2) is 4.98 Å². The van der Waals surface area contributed by atoms with Crippen molar-refractivity contribution >= 4 is 5.65 Å². The summed E-state index contributed by atoms with van der Waals surface area (Å²) in [6.07, 6.45) is 4.90. The van der Waals surface area contributed by atoms with Gasteiger partial charge in [-0.05, 0) is 38.4 Å². The number of aryl methyl sites for hydroxylation is 1. The number of fused-ring (bicyclic) bond motifs is 1. The van der Waals surface area contributed by atoms with Crippen LogP contribution in [0.5, 0.6) is 0 Å². The van der Waals surface area contributed by atoms with Crippen LogP contribution < -0.4 is 5.32 Å². The van der Waals surface area contributed by atoms with E-state index in [4.69, 9.17) is 0 Å². The lowest BCUT2D eigenvalue weighted by Gasteiger charge is -2.28. The third kappa shape index (κ3) is 1.91. The highest BCUT2D eigenvalue weighted by atomic mass is 16.3. The van der Waals surface area contributed by atoms with Gasteiger partial charge in [0, 0.05) is 12.2 Å². The average molecular weight is 245 g/mol. The third-order valence-corrected chi connectivity index (χ3v) is 3.76. The standard InChI is InChI=1S/C14H19N3O/c1-10-13(14(18)11-6-2-4-8-15-11)17-9-5-3-7-12(17)16-10/h3,5,7,9,11,14-15,18H,2,4,6,8H2,1H3. The smallest absolute Gasteiger partial charge is 0.137 e. The second-order valence-corrected chi connectivity index (χ2v) is 5.01. The molecule has 0 spiro atoms. The van der Waals surface area contributed by atoms with Crippen LogP contribution in [0.1, 0.15) is 36.8 Å². The second kappa shape index (κ2) is 4.71. The van der Waals surface area contributed by atoms with Gasteiger partial charge < -0.3 is 14.8 Å². The van der Waals surface area contributed by atoms with Gasteiger partial charge in [0.1, 0.15) is 11.8 Å². The van der Waals surface area contributed by atoms with Gasteiger partial charge >= 0.3 is 0 Å². The number of nitrogens with one attached hydrogen (secondary N) is 1. The Bertz CT molecular complexity index is 543. The van der Waals surface area contributed by atoms with Crippen molar-refractivity contribution in [3.8, 4) is 0 Å². The summed E-state index contributed by atoms with van der Waals surface area (Å²) < 4.78 is 2.00. The molecule has 2 unspecified atom stereocenters. The molecule has 0 radical (unpaired) electrons. The van der Waals surface area contributed by atoms with Gasteiger partial charge in [0.2, 0.25) is 0 Å². The molecule has 0 aromatic carbocycles. The molecular formula is C14H19N3O. The first-order valence-corrected chi connectivity index (χ1v) is 6.62. The number of hydrogen-bond acceptors (Lipinski definition) is 3. The van der Waals surface area contributed by atoms with Gasteiger partial charge in [-0.1, -0.05) is 12.5 Å². The summed E-state index contributed by atoms with van der Waals surface area (Å²) in [5.41, 5.74) is 2.74. The summed E-state index contributed by atoms with van der Waals surface area (Å²) in [6, 6.07) is 6.06. The van der Waals surface area contributed by atoms with Gasteiger partial charge in [0.15, 0.2) is 0 Å². The quantitative estimate of drug-likeness (QED) is 0.848. The van der Waals surface area contributed by atoms with E-state index in [1.54, 1.807) is 0 Å². The predicted molar refractivity (Wildman–Crippen MR) is 70.5 cm³/mol. The lowest BCUT2D eigenvalue weighted by Crippen LogP contribution is -2.39. The van der Waals surface area contributed by atoms with E-state index in [1.807, 2.05) is 35.7 Å². The van der Waals surface area contributed by atoms with Gasteiger partial charge in [-0.2, -0.15) is 0 Å². The number of imidazole rings is 1. The minimum Gasteiger partial charge on any atom is -0.385 e. The molecule has 1 fully saturated rings. The predicted octanol–water partition coefficient (Wildman–Crippen LogP) is 1.82. The van der Waals surface area contributed by atoms with Crippen LogP contribution in [0.25, 0.3) is 5.65 Å². The third-order valence-electron chi connectivity index (χ3n) is 3.76. The Morgan fingerprint density at radius 1 is 1.44 bits per heavy atom. The summed E-state index contributed by atoms with van der Waals surface area (Å²) in [5, 5.41) is 14.0. The molecule has 1 saturated heterocycles. The first-order chi connectivity index (χ1) is 8.77. The number of aliphatic hydroxyl groups excluding tert-OH is 1. The largest absolute Gasteiger partial charge is 0.385 e. The molecule has 96 valence electrons. The van der Waals surface area contributed by atoms with Crippen LogP contribution in [0, 0.1) is 6.92 Å². The summed E-state index contributed by atoms with van der Waals surface area (Å²) in [6.45, 7) is 2.96. The van der Waals surface area contributed by atoms with Crippen molar-refractivity contribution in [2.75, 3.05) is 6.54 Å². The Morgan fingerprint density at radius 3 is 3.11 bits per heavy atom. The molecule has 3 rings (SSSR count). The monoisotopic (exact) mass is 245 g/mol. The second-order valence-electron chi connectivity index (χ2n) is 5.01. The highest BCUT2D eigenvalue weighted by molar-refractivity contribution is 5.43. The number of hydrogen-bond donors (Lipinski definition) is 2. The number of piperidine rings is 1. The van der Waals surface area contributed by atoms with E-state index in [0.29, 0.717) is 0 Å². The molecule has 18 heavy (non-hydrogen) atoms. The highest BCUT2D eigenvalue weighted by Crippen LogP contribution is 2.26. The lowest BCUT2D eigenvalue weighted by atomic mass is 9.97. The zero-order valence-corrected chi connectivity index (χ0v) is 10.6. The molecule has 2 aromatic heterocycles. The molecule has 2 N–H and O–H groups in total. The van der Waals surface area contributed by atoms with Gasteiger partial charge in [-0.3, -0.25) is 0 Å². The maximum Gasteiger partial charge on any atom is 0.137 e. The summed E-state index contributed by atoms with van der Waals surface area (Å²) in [4.78, 5) is 4.50. The van der Waals surface area contributed by atoms with E-state index in [2.05, 4.69) is 10.3 Å². The highest BCUT2D eigenvalue weighted by Gasteiger charge is 2.26. The Labute approximate surface area is 107 Å². The Hall–Kier alpha value is -1.39. The van der Waals surface area contributed by atoms with Crippen LogP contribution >= 0.6 is 0 Å². The van der Waals surface area contributed by atoms with Crippen LogP contribution in [0.3, 0.4) is 0 Å². The van der Waals surface area contributed by atoms with Crippen molar-refractivity contribution < 1.29 is 5.11 Å². The van der Waals surface area contributed by atoms with Crippen molar-refractivity contribution in [2.45, 2.75) is 38.3 Å². The van der Waals surface area contributed by atoms with Crippen LogP contribution in [-0.4, -0.2) is 27.1 Å². The molecular weight excluding hydrogens is 226 g/mol. The van der Waals surface area contributed by atoms with Crippen LogP contribution in [0.4, 0.5) is 0 Å². The van der Waals surface area contributed by atoms with Crippen LogP contribution in [0.15, 0.2) is 24.4 Å². The molecule has 2 aromatic rings. The van der Waals surface area contributed by atoms with Crippen molar-refractivity contribution in [3.63, 3.8) is 0 Å². The van der Waals surface area contributed by atoms with Crippen molar-refractivity contribution in [3.05, 3.63) is 35.8 Å². The van der Waals surface area contributed by atoms with Gasteiger partial charge in [-0.15, -0.1) is 0 Å². The number of pyridine rings is 1. The Kier molecular flexibility index (Phi) is 3.06. The fourth-order valence-corrected chi connectivity index (χ4v) is 2.83. The Balaban J connectivity index is 1.99. The fourth-order valence-electron chi connectivity index (χ4n) is 2.83. The molecule has 1 aliphatic heterocycles. The van der Waals surface area contributed by atoms with Gasteiger partial charge in [0.25, 0.3) is 0 Å². The minimum atomic E-state index is -0.484. The molecule has 2 atom stereocenters. The van der Waals surface area contributed by atoms with E-state index < -0.39 is 6.10 Å². The van der Waals surface area contributed by atoms with E-state index in [-0.39, 0.29) is 6.04 Å². The van der Waals surface area contributed by atoms with E-state index in [9.17, 15) is 5.11 Å². The summed E-state index contributed by atoms with van der Waals surface area (Å²) in [7, 11) is 0. The van der Waals surface area contributed by atoms with Crippen LogP contribution in [0.2, 0.25) is 0 Å². The first-order valence-electron chi connectivity index (χ1n) is 6.62. The van der Waals surface area contributed by atoms with Crippen molar-refractivity contribution in [1.29, 1.82) is 0 Å². The topological polar surface area (TPSA) is 49.6 Å². The number of aliphatic hydroxyl groups is 1. The first kappa shape index (κ1) is 11.7. The maximum absolute atomic E-state index is 10.6. The average Bonchev–Trinajstić information content (AvgIpc) is 2.75. The zero-order valence-electron chi connectivity index (χ0n) is 10.6. The molecule has 3 heterocycles. The fraction of sp³-hybridized carbons (Fsp3) is 0.500.